The van der Waals surface area contributed by atoms with Gasteiger partial charge >= 0.3 is 16.1 Å². The second kappa shape index (κ2) is 6.16. The van der Waals surface area contributed by atoms with Crippen LogP contribution in [0.15, 0.2) is 24.8 Å². The van der Waals surface area contributed by atoms with Crippen molar-refractivity contribution >= 4 is 22.0 Å². The lowest BCUT2D eigenvalue weighted by molar-refractivity contribution is -0.141. The maximum Gasteiger partial charge on any atom is 0.334 e. The zero-order valence-corrected chi connectivity index (χ0v) is 9.99. The van der Waals surface area contributed by atoms with Gasteiger partial charge in [-0.05, 0) is 13.0 Å². The first-order valence-corrected chi connectivity index (χ1v) is 5.92. The van der Waals surface area contributed by atoms with E-state index in [4.69, 9.17) is 4.55 Å². The fraction of sp³-hybridized carbons (Fsp3) is 0.333. The number of carbonyl (C=O) groups excluding carboxylic acids is 2. The molecular formula is C9H13NO6S. The molecule has 0 saturated heterocycles. The lowest BCUT2D eigenvalue weighted by atomic mass is 10.4. The Morgan fingerprint density at radius 2 is 2.06 bits per heavy atom. The summed E-state index contributed by atoms with van der Waals surface area (Å²) in [5.41, 5.74) is -1.91. The highest BCUT2D eigenvalue weighted by Gasteiger charge is 2.27. The molecule has 0 aromatic rings. The number of amides is 1. The van der Waals surface area contributed by atoms with Gasteiger partial charge in [0.15, 0.2) is 0 Å². The quantitative estimate of drug-likeness (QED) is 0.384. The summed E-state index contributed by atoms with van der Waals surface area (Å²) in [6.07, 6.45) is 0.904. The standard InChI is InChI=1S/C9H13NO6S/c1-4-7(11)10-5-8(17(13,14)15)16-9(12)6(2)3/h4,8H,1-2,5H2,3H3,(H,10,11)(H,13,14,15). The Kier molecular flexibility index (Phi) is 5.56. The second-order valence-corrected chi connectivity index (χ2v) is 4.64. The minimum Gasteiger partial charge on any atom is -0.438 e. The van der Waals surface area contributed by atoms with E-state index >= 15 is 0 Å². The Morgan fingerprint density at radius 3 is 2.41 bits per heavy atom. The predicted octanol–water partition coefficient (Wildman–Crippen LogP) is -0.378. The number of hydrogen-bond acceptors (Lipinski definition) is 5. The van der Waals surface area contributed by atoms with Gasteiger partial charge in [0.05, 0.1) is 6.54 Å². The molecule has 2 N–H and O–H groups in total. The summed E-state index contributed by atoms with van der Waals surface area (Å²) in [7, 11) is -4.63. The van der Waals surface area contributed by atoms with E-state index in [0.717, 1.165) is 6.08 Å². The monoisotopic (exact) mass is 263 g/mol. The molecule has 8 heteroatoms. The molecule has 0 heterocycles. The third kappa shape index (κ3) is 5.83. The van der Waals surface area contributed by atoms with E-state index in [1.54, 1.807) is 0 Å². The van der Waals surface area contributed by atoms with Crippen molar-refractivity contribution in [3.8, 4) is 0 Å². The summed E-state index contributed by atoms with van der Waals surface area (Å²) in [6.45, 7) is 7.12. The van der Waals surface area contributed by atoms with E-state index in [-0.39, 0.29) is 5.57 Å². The molecule has 7 nitrogen and oxygen atoms in total. The zero-order valence-electron chi connectivity index (χ0n) is 9.17. The van der Waals surface area contributed by atoms with Crippen molar-refractivity contribution in [1.29, 1.82) is 0 Å². The Bertz CT molecular complexity index is 438. The molecule has 0 radical (unpaired) electrons. The molecule has 96 valence electrons. The van der Waals surface area contributed by atoms with Crippen molar-refractivity contribution in [2.75, 3.05) is 6.54 Å². The summed E-state index contributed by atoms with van der Waals surface area (Å²) in [5.74, 6) is -1.65. The fourth-order valence-electron chi connectivity index (χ4n) is 0.684. The molecule has 0 aromatic carbocycles. The summed E-state index contributed by atoms with van der Waals surface area (Å²) in [4.78, 5) is 21.9. The van der Waals surface area contributed by atoms with Crippen LogP contribution in [0, 0.1) is 0 Å². The summed E-state index contributed by atoms with van der Waals surface area (Å²) < 4.78 is 35.0. The lowest BCUT2D eigenvalue weighted by Gasteiger charge is -2.15. The van der Waals surface area contributed by atoms with Crippen LogP contribution in [-0.4, -0.2) is 36.8 Å². The predicted molar refractivity (Wildman–Crippen MR) is 59.4 cm³/mol. The summed E-state index contributed by atoms with van der Waals surface area (Å²) >= 11 is 0. The van der Waals surface area contributed by atoms with Gasteiger partial charge in [-0.2, -0.15) is 8.42 Å². The van der Waals surface area contributed by atoms with Crippen LogP contribution in [0.1, 0.15) is 6.92 Å². The number of rotatable bonds is 6. The first kappa shape index (κ1) is 15.3. The van der Waals surface area contributed by atoms with Gasteiger partial charge in [-0.15, -0.1) is 0 Å². The Balaban J connectivity index is 4.68. The van der Waals surface area contributed by atoms with Gasteiger partial charge in [-0.3, -0.25) is 9.35 Å². The first-order chi connectivity index (χ1) is 7.68. The summed E-state index contributed by atoms with van der Waals surface area (Å²) in [5, 5.41) is 2.08. The van der Waals surface area contributed by atoms with E-state index in [1.807, 2.05) is 0 Å². The van der Waals surface area contributed by atoms with Crippen LogP contribution in [0.3, 0.4) is 0 Å². The molecule has 0 saturated carbocycles. The van der Waals surface area contributed by atoms with Crippen molar-refractivity contribution < 1.29 is 27.3 Å². The topological polar surface area (TPSA) is 110 Å². The molecule has 17 heavy (non-hydrogen) atoms. The number of hydrogen-bond donors (Lipinski definition) is 2. The number of nitrogens with one attached hydrogen (secondary N) is 1. The largest absolute Gasteiger partial charge is 0.438 e. The van der Waals surface area contributed by atoms with Gasteiger partial charge < -0.3 is 10.1 Å². The molecule has 0 bridgehead atoms. The molecule has 0 aliphatic carbocycles. The third-order valence-electron chi connectivity index (χ3n) is 1.55. The van der Waals surface area contributed by atoms with Crippen molar-refractivity contribution in [3.05, 3.63) is 24.8 Å². The van der Waals surface area contributed by atoms with Crippen molar-refractivity contribution in [3.63, 3.8) is 0 Å². The van der Waals surface area contributed by atoms with Crippen LogP contribution in [0.4, 0.5) is 0 Å². The van der Waals surface area contributed by atoms with Crippen molar-refractivity contribution in [2.24, 2.45) is 0 Å². The lowest BCUT2D eigenvalue weighted by Crippen LogP contribution is -2.39. The van der Waals surface area contributed by atoms with Crippen molar-refractivity contribution in [1.82, 2.24) is 5.32 Å². The average Bonchev–Trinajstić information content (AvgIpc) is 2.21. The molecule has 0 aromatic heterocycles. The van der Waals surface area contributed by atoms with E-state index in [2.05, 4.69) is 23.2 Å². The van der Waals surface area contributed by atoms with Gasteiger partial charge in [0.25, 0.3) is 0 Å². The molecule has 0 rings (SSSR count). The average molecular weight is 263 g/mol. The van der Waals surface area contributed by atoms with Gasteiger partial charge in [0.1, 0.15) is 0 Å². The number of esters is 1. The smallest absolute Gasteiger partial charge is 0.334 e. The highest BCUT2D eigenvalue weighted by molar-refractivity contribution is 7.86. The first-order valence-electron chi connectivity index (χ1n) is 4.41. The van der Waals surface area contributed by atoms with Crippen LogP contribution >= 0.6 is 0 Å². The summed E-state index contributed by atoms with van der Waals surface area (Å²) in [6, 6.07) is 0. The van der Waals surface area contributed by atoms with Gasteiger partial charge in [-0.1, -0.05) is 13.2 Å². The molecule has 0 aliphatic rings. The van der Waals surface area contributed by atoms with E-state index < -0.39 is 34.0 Å². The SMILES string of the molecule is C=CC(=O)NCC(OC(=O)C(=C)C)S(=O)(=O)O. The molecule has 0 aliphatic heterocycles. The van der Waals surface area contributed by atoms with Crippen LogP contribution in [0.25, 0.3) is 0 Å². The molecular weight excluding hydrogens is 250 g/mol. The molecule has 0 fully saturated rings. The van der Waals surface area contributed by atoms with Crippen molar-refractivity contribution in [2.45, 2.75) is 12.4 Å². The molecule has 1 atom stereocenters. The highest BCUT2D eigenvalue weighted by atomic mass is 32.2. The van der Waals surface area contributed by atoms with Crippen LogP contribution < -0.4 is 5.32 Å². The van der Waals surface area contributed by atoms with E-state index in [9.17, 15) is 18.0 Å². The molecule has 0 spiro atoms. The van der Waals surface area contributed by atoms with Gasteiger partial charge in [0, 0.05) is 5.57 Å². The number of ether oxygens (including phenoxy) is 1. The third-order valence-corrected chi connectivity index (χ3v) is 2.47. The Hall–Kier alpha value is -1.67. The molecule has 1 amide bonds. The Labute approximate surface area is 98.9 Å². The van der Waals surface area contributed by atoms with E-state index in [1.165, 1.54) is 6.92 Å². The molecule has 1 unspecified atom stereocenters. The Morgan fingerprint density at radius 1 is 1.53 bits per heavy atom. The minimum atomic E-state index is -4.63. The van der Waals surface area contributed by atoms with Crippen LogP contribution in [0.5, 0.6) is 0 Å². The van der Waals surface area contributed by atoms with Gasteiger partial charge in [-0.25, -0.2) is 4.79 Å². The fourth-order valence-corrected chi connectivity index (χ4v) is 1.19. The zero-order chi connectivity index (χ0) is 13.6. The highest BCUT2D eigenvalue weighted by Crippen LogP contribution is 2.04. The minimum absolute atomic E-state index is 0.0336. The van der Waals surface area contributed by atoms with Crippen LogP contribution in [0.2, 0.25) is 0 Å². The van der Waals surface area contributed by atoms with Gasteiger partial charge in [0.2, 0.25) is 11.3 Å². The van der Waals surface area contributed by atoms with Crippen LogP contribution in [-0.2, 0) is 24.4 Å². The normalized spacial score (nSPS) is 12.4. The number of carbonyl (C=O) groups is 2. The maximum absolute atomic E-state index is 11.1. The maximum atomic E-state index is 11.1. The second-order valence-electron chi connectivity index (χ2n) is 3.08. The van der Waals surface area contributed by atoms with E-state index in [0.29, 0.717) is 0 Å².